The highest BCUT2D eigenvalue weighted by atomic mass is 15.1. The first kappa shape index (κ1) is 13.0. The molecule has 0 aromatic heterocycles. The molecule has 0 amide bonds. The standard InChI is InChI=1S/C10H20N2.C3H8/c1-12-6-5-9-8(7-12)3-2-4-10(9)11;1-3-2/h8-10H,2-7,11H2,1H3;3H2,1-2H3. The van der Waals surface area contributed by atoms with Crippen molar-refractivity contribution < 1.29 is 0 Å². The Morgan fingerprint density at radius 1 is 1.20 bits per heavy atom. The summed E-state index contributed by atoms with van der Waals surface area (Å²) in [5.74, 6) is 1.75. The number of hydrogen-bond acceptors (Lipinski definition) is 2. The molecule has 0 aromatic rings. The molecule has 0 spiro atoms. The van der Waals surface area contributed by atoms with Crippen LogP contribution in [-0.4, -0.2) is 31.1 Å². The van der Waals surface area contributed by atoms with Gasteiger partial charge in [0.15, 0.2) is 0 Å². The first-order valence-corrected chi connectivity index (χ1v) is 6.63. The van der Waals surface area contributed by atoms with Crippen LogP contribution in [0.3, 0.4) is 0 Å². The Bertz CT molecular complexity index is 170. The highest BCUT2D eigenvalue weighted by Crippen LogP contribution is 2.34. The van der Waals surface area contributed by atoms with Gasteiger partial charge in [-0.05, 0) is 44.7 Å². The van der Waals surface area contributed by atoms with Crippen molar-refractivity contribution >= 4 is 0 Å². The van der Waals surface area contributed by atoms with Gasteiger partial charge in [-0.15, -0.1) is 0 Å². The second-order valence-corrected chi connectivity index (χ2v) is 5.28. The minimum Gasteiger partial charge on any atom is -0.327 e. The first-order chi connectivity index (χ1) is 7.19. The lowest BCUT2D eigenvalue weighted by atomic mass is 9.72. The zero-order valence-corrected chi connectivity index (χ0v) is 10.7. The van der Waals surface area contributed by atoms with Gasteiger partial charge in [0.05, 0.1) is 0 Å². The van der Waals surface area contributed by atoms with Crippen molar-refractivity contribution in [2.24, 2.45) is 17.6 Å². The van der Waals surface area contributed by atoms with E-state index in [0.29, 0.717) is 6.04 Å². The smallest absolute Gasteiger partial charge is 0.00707 e. The normalized spacial score (nSPS) is 36.4. The number of hydrogen-bond donors (Lipinski definition) is 1. The van der Waals surface area contributed by atoms with Crippen LogP contribution in [0.4, 0.5) is 0 Å². The number of nitrogens with two attached hydrogens (primary N) is 1. The Hall–Kier alpha value is -0.0800. The summed E-state index contributed by atoms with van der Waals surface area (Å²) in [5.41, 5.74) is 6.12. The fraction of sp³-hybridized carbons (Fsp3) is 1.00. The lowest BCUT2D eigenvalue weighted by molar-refractivity contribution is 0.0895. The van der Waals surface area contributed by atoms with Crippen LogP contribution in [0, 0.1) is 11.8 Å². The second kappa shape index (κ2) is 6.49. The Morgan fingerprint density at radius 2 is 1.87 bits per heavy atom. The molecule has 0 radical (unpaired) electrons. The van der Waals surface area contributed by atoms with Crippen LogP contribution < -0.4 is 5.73 Å². The highest BCUT2D eigenvalue weighted by molar-refractivity contribution is 4.89. The maximum Gasteiger partial charge on any atom is 0.00707 e. The predicted octanol–water partition coefficient (Wildman–Crippen LogP) is 2.48. The first-order valence-electron chi connectivity index (χ1n) is 6.63. The van der Waals surface area contributed by atoms with Gasteiger partial charge in [0.1, 0.15) is 0 Å². The van der Waals surface area contributed by atoms with E-state index in [0.717, 1.165) is 11.8 Å². The molecule has 1 saturated heterocycles. The number of piperidine rings is 1. The SMILES string of the molecule is CCC.CN1CCC2C(N)CCCC2C1. The maximum absolute atomic E-state index is 6.12. The zero-order chi connectivity index (χ0) is 11.3. The number of nitrogens with zero attached hydrogens (tertiary/aromatic N) is 1. The number of rotatable bonds is 0. The van der Waals surface area contributed by atoms with Gasteiger partial charge >= 0.3 is 0 Å². The molecule has 2 aliphatic rings. The molecule has 1 heterocycles. The summed E-state index contributed by atoms with van der Waals surface area (Å²) in [4.78, 5) is 2.46. The molecular weight excluding hydrogens is 184 g/mol. The van der Waals surface area contributed by atoms with Crippen molar-refractivity contribution in [2.45, 2.75) is 52.0 Å². The van der Waals surface area contributed by atoms with Crippen LogP contribution >= 0.6 is 0 Å². The van der Waals surface area contributed by atoms with Gasteiger partial charge in [0.25, 0.3) is 0 Å². The number of likely N-dealkylation sites (tertiary alicyclic amines) is 1. The van der Waals surface area contributed by atoms with Crippen molar-refractivity contribution in [3.05, 3.63) is 0 Å². The van der Waals surface area contributed by atoms with E-state index in [1.807, 2.05) is 0 Å². The third-order valence-corrected chi connectivity index (χ3v) is 3.66. The maximum atomic E-state index is 6.12. The zero-order valence-electron chi connectivity index (χ0n) is 10.7. The summed E-state index contributed by atoms with van der Waals surface area (Å²) in [6, 6.07) is 0.512. The minimum absolute atomic E-state index is 0.512. The lowest BCUT2D eigenvalue weighted by Crippen LogP contribution is -2.48. The molecule has 0 aromatic carbocycles. The molecular formula is C13H28N2. The van der Waals surface area contributed by atoms with Gasteiger partial charge in [-0.25, -0.2) is 0 Å². The predicted molar refractivity (Wildman–Crippen MR) is 66.9 cm³/mol. The Balaban J connectivity index is 0.000000337. The van der Waals surface area contributed by atoms with E-state index >= 15 is 0 Å². The van der Waals surface area contributed by atoms with Crippen LogP contribution in [0.5, 0.6) is 0 Å². The average Bonchev–Trinajstić information content (AvgIpc) is 2.19. The van der Waals surface area contributed by atoms with Crippen molar-refractivity contribution in [3.63, 3.8) is 0 Å². The topological polar surface area (TPSA) is 29.3 Å². The van der Waals surface area contributed by atoms with Gasteiger partial charge < -0.3 is 10.6 Å². The van der Waals surface area contributed by atoms with Crippen molar-refractivity contribution in [2.75, 3.05) is 20.1 Å². The van der Waals surface area contributed by atoms with Crippen molar-refractivity contribution in [1.82, 2.24) is 4.90 Å². The van der Waals surface area contributed by atoms with E-state index in [-0.39, 0.29) is 0 Å². The summed E-state index contributed by atoms with van der Waals surface area (Å²) in [5, 5.41) is 0. The van der Waals surface area contributed by atoms with Gasteiger partial charge in [-0.2, -0.15) is 0 Å². The molecule has 0 bridgehead atoms. The summed E-state index contributed by atoms with van der Waals surface area (Å²) < 4.78 is 0. The van der Waals surface area contributed by atoms with Crippen LogP contribution in [0.2, 0.25) is 0 Å². The van der Waals surface area contributed by atoms with Crippen LogP contribution in [0.25, 0.3) is 0 Å². The molecule has 1 aliphatic carbocycles. The molecule has 2 fully saturated rings. The minimum atomic E-state index is 0.512. The highest BCUT2D eigenvalue weighted by Gasteiger charge is 2.34. The Labute approximate surface area is 95.2 Å². The molecule has 2 heteroatoms. The van der Waals surface area contributed by atoms with E-state index in [4.69, 9.17) is 5.73 Å². The Kier molecular flexibility index (Phi) is 5.62. The molecule has 15 heavy (non-hydrogen) atoms. The monoisotopic (exact) mass is 212 g/mol. The van der Waals surface area contributed by atoms with Gasteiger partial charge in [-0.3, -0.25) is 0 Å². The van der Waals surface area contributed by atoms with Crippen LogP contribution in [0.15, 0.2) is 0 Å². The third kappa shape index (κ3) is 3.76. The van der Waals surface area contributed by atoms with Gasteiger partial charge in [0, 0.05) is 12.6 Å². The van der Waals surface area contributed by atoms with Crippen molar-refractivity contribution in [1.29, 1.82) is 0 Å². The molecule has 2 nitrogen and oxygen atoms in total. The van der Waals surface area contributed by atoms with Crippen LogP contribution in [-0.2, 0) is 0 Å². The van der Waals surface area contributed by atoms with E-state index in [2.05, 4.69) is 25.8 Å². The van der Waals surface area contributed by atoms with E-state index < -0.39 is 0 Å². The largest absolute Gasteiger partial charge is 0.327 e. The summed E-state index contributed by atoms with van der Waals surface area (Å²) >= 11 is 0. The van der Waals surface area contributed by atoms with Crippen LogP contribution in [0.1, 0.15) is 46.0 Å². The molecule has 3 atom stereocenters. The second-order valence-electron chi connectivity index (χ2n) is 5.28. The quantitative estimate of drug-likeness (QED) is 0.668. The Morgan fingerprint density at radius 3 is 2.53 bits per heavy atom. The van der Waals surface area contributed by atoms with E-state index in [9.17, 15) is 0 Å². The molecule has 2 N–H and O–H groups in total. The molecule has 90 valence electrons. The molecule has 1 aliphatic heterocycles. The fourth-order valence-electron chi connectivity index (χ4n) is 2.93. The molecule has 1 saturated carbocycles. The van der Waals surface area contributed by atoms with E-state index in [1.54, 1.807) is 0 Å². The molecule has 3 unspecified atom stereocenters. The lowest BCUT2D eigenvalue weighted by Gasteiger charge is -2.43. The van der Waals surface area contributed by atoms with Gasteiger partial charge in [0.2, 0.25) is 0 Å². The average molecular weight is 212 g/mol. The molecule has 2 rings (SSSR count). The summed E-state index contributed by atoms with van der Waals surface area (Å²) in [6.45, 7) is 6.80. The third-order valence-electron chi connectivity index (χ3n) is 3.66. The number of fused-ring (bicyclic) bond motifs is 1. The summed E-state index contributed by atoms with van der Waals surface area (Å²) in [6.07, 6.45) is 6.63. The van der Waals surface area contributed by atoms with E-state index in [1.165, 1.54) is 45.2 Å². The summed E-state index contributed by atoms with van der Waals surface area (Å²) in [7, 11) is 2.23. The van der Waals surface area contributed by atoms with Gasteiger partial charge in [-0.1, -0.05) is 26.7 Å². The van der Waals surface area contributed by atoms with Crippen molar-refractivity contribution in [3.8, 4) is 0 Å². The fourth-order valence-corrected chi connectivity index (χ4v) is 2.93.